The number of urea groups is 1. The molecule has 0 atom stereocenters. The van der Waals surface area contributed by atoms with Crippen molar-refractivity contribution in [3.8, 4) is 0 Å². The first kappa shape index (κ1) is 10.0. The topological polar surface area (TPSA) is 49.4 Å². The fraction of sp³-hybridized carbons (Fsp3) is 0.778. The van der Waals surface area contributed by atoms with Crippen molar-refractivity contribution in [1.29, 1.82) is 0 Å². The van der Waals surface area contributed by atoms with Crippen molar-refractivity contribution in [3.05, 3.63) is 0 Å². The molecular weight excluding hydrogens is 168 g/mol. The zero-order valence-corrected chi connectivity index (χ0v) is 8.17. The molecule has 0 unspecified atom stereocenters. The van der Waals surface area contributed by atoms with Gasteiger partial charge in [-0.3, -0.25) is 10.1 Å². The van der Waals surface area contributed by atoms with Crippen LogP contribution in [0.25, 0.3) is 0 Å². The summed E-state index contributed by atoms with van der Waals surface area (Å²) < 4.78 is 0. The summed E-state index contributed by atoms with van der Waals surface area (Å²) in [6, 6.07) is -0.242. The summed E-state index contributed by atoms with van der Waals surface area (Å²) in [7, 11) is 0. The van der Waals surface area contributed by atoms with Gasteiger partial charge >= 0.3 is 6.03 Å². The first-order valence-electron chi connectivity index (χ1n) is 4.68. The van der Waals surface area contributed by atoms with Gasteiger partial charge in [0.05, 0.1) is 0 Å². The van der Waals surface area contributed by atoms with Crippen LogP contribution in [0.5, 0.6) is 0 Å². The maximum atomic E-state index is 11.1. The second-order valence-corrected chi connectivity index (χ2v) is 3.81. The molecule has 1 aliphatic heterocycles. The van der Waals surface area contributed by atoms with E-state index in [-0.39, 0.29) is 18.5 Å². The lowest BCUT2D eigenvalue weighted by Crippen LogP contribution is -2.29. The summed E-state index contributed by atoms with van der Waals surface area (Å²) in [5, 5.41) is 2.25. The van der Waals surface area contributed by atoms with Gasteiger partial charge in [-0.1, -0.05) is 13.8 Å². The Balaban J connectivity index is 2.22. The van der Waals surface area contributed by atoms with E-state index in [9.17, 15) is 9.59 Å². The molecule has 0 bridgehead atoms. The number of carbonyl (C=O) groups excluding carboxylic acids is 2. The summed E-state index contributed by atoms with van der Waals surface area (Å²) in [4.78, 5) is 23.4. The molecule has 0 saturated carbocycles. The van der Waals surface area contributed by atoms with E-state index in [0.29, 0.717) is 12.5 Å². The predicted molar refractivity (Wildman–Crippen MR) is 49.2 cm³/mol. The van der Waals surface area contributed by atoms with Gasteiger partial charge in [-0.25, -0.2) is 4.79 Å². The molecular formula is C9H16N2O2. The van der Waals surface area contributed by atoms with Crippen LogP contribution in [0.1, 0.15) is 26.7 Å². The van der Waals surface area contributed by atoms with Crippen LogP contribution < -0.4 is 5.32 Å². The Morgan fingerprint density at radius 1 is 1.46 bits per heavy atom. The molecule has 4 heteroatoms. The lowest BCUT2D eigenvalue weighted by molar-refractivity contribution is -0.118. The Kier molecular flexibility index (Phi) is 3.28. The Labute approximate surface area is 78.3 Å². The Hall–Kier alpha value is -1.06. The van der Waals surface area contributed by atoms with E-state index < -0.39 is 0 Å². The third-order valence-electron chi connectivity index (χ3n) is 2.08. The summed E-state index contributed by atoms with van der Waals surface area (Å²) >= 11 is 0. The van der Waals surface area contributed by atoms with Gasteiger partial charge in [0.1, 0.15) is 6.54 Å². The molecule has 13 heavy (non-hydrogen) atoms. The number of hydrogen-bond donors (Lipinski definition) is 1. The zero-order valence-electron chi connectivity index (χ0n) is 8.17. The van der Waals surface area contributed by atoms with E-state index in [0.717, 1.165) is 12.8 Å². The van der Waals surface area contributed by atoms with E-state index in [1.54, 1.807) is 4.90 Å². The van der Waals surface area contributed by atoms with Crippen LogP contribution in [0.2, 0.25) is 0 Å². The molecule has 1 fully saturated rings. The minimum Gasteiger partial charge on any atom is -0.315 e. The van der Waals surface area contributed by atoms with Crippen LogP contribution in [0.4, 0.5) is 4.79 Å². The van der Waals surface area contributed by atoms with Gasteiger partial charge in [0.25, 0.3) is 0 Å². The molecule has 1 saturated heterocycles. The fourth-order valence-electron chi connectivity index (χ4n) is 1.35. The van der Waals surface area contributed by atoms with Gasteiger partial charge in [-0.15, -0.1) is 0 Å². The highest BCUT2D eigenvalue weighted by Crippen LogP contribution is 2.06. The molecule has 0 spiro atoms. The van der Waals surface area contributed by atoms with Crippen molar-refractivity contribution >= 4 is 11.9 Å². The molecule has 0 aromatic rings. The Morgan fingerprint density at radius 2 is 2.15 bits per heavy atom. The number of amides is 3. The second-order valence-electron chi connectivity index (χ2n) is 3.81. The lowest BCUT2D eigenvalue weighted by atomic mass is 10.1. The molecule has 4 nitrogen and oxygen atoms in total. The zero-order chi connectivity index (χ0) is 9.84. The summed E-state index contributed by atoms with van der Waals surface area (Å²) in [5.41, 5.74) is 0. The minimum absolute atomic E-state index is 0.186. The molecule has 0 radical (unpaired) electrons. The van der Waals surface area contributed by atoms with Gasteiger partial charge < -0.3 is 4.90 Å². The van der Waals surface area contributed by atoms with Crippen molar-refractivity contribution in [2.45, 2.75) is 26.7 Å². The predicted octanol–water partition coefficient (Wildman–Crippen LogP) is 0.974. The molecule has 1 heterocycles. The Morgan fingerprint density at radius 3 is 2.62 bits per heavy atom. The molecule has 1 rings (SSSR count). The fourth-order valence-corrected chi connectivity index (χ4v) is 1.35. The minimum atomic E-state index is -0.242. The molecule has 0 aromatic heterocycles. The largest absolute Gasteiger partial charge is 0.324 e. The molecule has 0 aromatic carbocycles. The van der Waals surface area contributed by atoms with Gasteiger partial charge in [-0.2, -0.15) is 0 Å². The third kappa shape index (κ3) is 3.05. The second kappa shape index (κ2) is 4.25. The van der Waals surface area contributed by atoms with Crippen LogP contribution in [0, 0.1) is 5.92 Å². The van der Waals surface area contributed by atoms with E-state index in [4.69, 9.17) is 0 Å². The number of rotatable bonds is 4. The maximum absolute atomic E-state index is 11.1. The third-order valence-corrected chi connectivity index (χ3v) is 2.08. The first-order chi connectivity index (χ1) is 6.09. The SMILES string of the molecule is CC(C)CCCN1CC(=O)NC1=O. The summed E-state index contributed by atoms with van der Waals surface area (Å²) in [5.74, 6) is 0.468. The van der Waals surface area contributed by atoms with Gasteiger partial charge in [0.2, 0.25) is 5.91 Å². The summed E-state index contributed by atoms with van der Waals surface area (Å²) in [6.45, 7) is 5.22. The van der Waals surface area contributed by atoms with Crippen LogP contribution in [-0.4, -0.2) is 29.9 Å². The van der Waals surface area contributed by atoms with Gasteiger partial charge in [0.15, 0.2) is 0 Å². The van der Waals surface area contributed by atoms with Gasteiger partial charge in [-0.05, 0) is 18.8 Å². The Bertz CT molecular complexity index is 214. The standard InChI is InChI=1S/C9H16N2O2/c1-7(2)4-3-5-11-6-8(12)10-9(11)13/h7H,3-6H2,1-2H3,(H,10,12,13). The first-order valence-corrected chi connectivity index (χ1v) is 4.68. The van der Waals surface area contributed by atoms with E-state index >= 15 is 0 Å². The van der Waals surface area contributed by atoms with E-state index in [2.05, 4.69) is 19.2 Å². The molecule has 74 valence electrons. The highest BCUT2D eigenvalue weighted by molar-refractivity contribution is 6.01. The smallest absolute Gasteiger partial charge is 0.315 e. The number of imide groups is 1. The monoisotopic (exact) mass is 184 g/mol. The van der Waals surface area contributed by atoms with Crippen molar-refractivity contribution in [2.75, 3.05) is 13.1 Å². The van der Waals surface area contributed by atoms with Crippen LogP contribution in [0.3, 0.4) is 0 Å². The molecule has 3 amide bonds. The van der Waals surface area contributed by atoms with E-state index in [1.165, 1.54) is 0 Å². The van der Waals surface area contributed by atoms with Crippen molar-refractivity contribution in [2.24, 2.45) is 5.92 Å². The molecule has 1 N–H and O–H groups in total. The van der Waals surface area contributed by atoms with Crippen LogP contribution in [0.15, 0.2) is 0 Å². The number of hydrogen-bond acceptors (Lipinski definition) is 2. The van der Waals surface area contributed by atoms with Crippen molar-refractivity contribution in [3.63, 3.8) is 0 Å². The average Bonchev–Trinajstić information content (AvgIpc) is 2.29. The molecule has 0 aliphatic carbocycles. The van der Waals surface area contributed by atoms with Crippen molar-refractivity contribution in [1.82, 2.24) is 10.2 Å². The molecule has 1 aliphatic rings. The number of nitrogens with zero attached hydrogens (tertiary/aromatic N) is 1. The van der Waals surface area contributed by atoms with Gasteiger partial charge in [0, 0.05) is 6.54 Å². The normalized spacial score (nSPS) is 17.0. The lowest BCUT2D eigenvalue weighted by Gasteiger charge is -2.13. The van der Waals surface area contributed by atoms with Crippen LogP contribution >= 0.6 is 0 Å². The highest BCUT2D eigenvalue weighted by Gasteiger charge is 2.25. The highest BCUT2D eigenvalue weighted by atomic mass is 16.2. The maximum Gasteiger partial charge on any atom is 0.324 e. The van der Waals surface area contributed by atoms with Crippen LogP contribution in [-0.2, 0) is 4.79 Å². The number of carbonyl (C=O) groups is 2. The number of nitrogens with one attached hydrogen (secondary N) is 1. The summed E-state index contributed by atoms with van der Waals surface area (Å²) in [6.07, 6.45) is 2.07. The van der Waals surface area contributed by atoms with Crippen molar-refractivity contribution < 1.29 is 9.59 Å². The van der Waals surface area contributed by atoms with E-state index in [1.807, 2.05) is 0 Å². The quantitative estimate of drug-likeness (QED) is 0.662. The average molecular weight is 184 g/mol.